The number of nitrogens with one attached hydrogen (secondary N) is 1. The molecule has 10 nitrogen and oxygen atoms in total. The number of nitrogens with zero attached hydrogens (tertiary/aromatic N) is 1. The highest BCUT2D eigenvalue weighted by atomic mass is 16.6. The van der Waals surface area contributed by atoms with Crippen LogP contribution in [0.25, 0.3) is 6.08 Å². The number of methoxy groups -OCH3 is 1. The Labute approximate surface area is 129 Å². The number of carbonyl (C=O) groups is 1. The minimum absolute atomic E-state index is 0.0623. The van der Waals surface area contributed by atoms with Gasteiger partial charge in [-0.1, -0.05) is 0 Å². The van der Waals surface area contributed by atoms with Crippen LogP contribution in [-0.2, 0) is 14.3 Å². The third-order valence-corrected chi connectivity index (χ3v) is 3.39. The van der Waals surface area contributed by atoms with Gasteiger partial charge in [0.15, 0.2) is 6.23 Å². The van der Waals surface area contributed by atoms with Gasteiger partial charge in [0.25, 0.3) is 5.56 Å². The molecular formula is C13H16N2O8. The summed E-state index contributed by atoms with van der Waals surface area (Å²) in [7, 11) is 1.16. The summed E-state index contributed by atoms with van der Waals surface area (Å²) in [5.41, 5.74) is -1.69. The van der Waals surface area contributed by atoms with Crippen LogP contribution in [0, 0.1) is 0 Å². The van der Waals surface area contributed by atoms with Crippen LogP contribution < -0.4 is 11.2 Å². The van der Waals surface area contributed by atoms with Gasteiger partial charge in [0.05, 0.1) is 19.3 Å². The molecular weight excluding hydrogens is 312 g/mol. The average molecular weight is 328 g/mol. The minimum atomic E-state index is -1.48. The zero-order valence-corrected chi connectivity index (χ0v) is 12.1. The number of aliphatic hydroxyl groups excluding tert-OH is 3. The summed E-state index contributed by atoms with van der Waals surface area (Å²) in [4.78, 5) is 36.7. The Kier molecular flexibility index (Phi) is 5.11. The molecule has 1 aliphatic heterocycles. The molecule has 1 saturated heterocycles. The molecule has 0 spiro atoms. The third-order valence-electron chi connectivity index (χ3n) is 3.39. The molecule has 2 unspecified atom stereocenters. The van der Waals surface area contributed by atoms with Crippen LogP contribution in [0.4, 0.5) is 0 Å². The number of hydrogen-bond acceptors (Lipinski definition) is 8. The molecule has 0 saturated carbocycles. The van der Waals surface area contributed by atoms with Crippen molar-refractivity contribution in [2.75, 3.05) is 13.7 Å². The SMILES string of the molecule is COC(=O)/C=C/c1cn([C@@H]2O[C@H](CO)C(O)C2O)c(=O)[nH]c1=O. The van der Waals surface area contributed by atoms with E-state index in [1.165, 1.54) is 0 Å². The average Bonchev–Trinajstić information content (AvgIpc) is 2.81. The summed E-state index contributed by atoms with van der Waals surface area (Å²) in [5.74, 6) is -0.699. The van der Waals surface area contributed by atoms with E-state index in [9.17, 15) is 24.6 Å². The number of carbonyl (C=O) groups excluding carboxylic acids is 1. The van der Waals surface area contributed by atoms with Crippen LogP contribution in [0.1, 0.15) is 11.8 Å². The maximum absolute atomic E-state index is 11.9. The Balaban J connectivity index is 2.40. The number of aliphatic hydroxyl groups is 3. The number of hydrogen-bond donors (Lipinski definition) is 4. The maximum atomic E-state index is 11.9. The lowest BCUT2D eigenvalue weighted by atomic mass is 10.1. The van der Waals surface area contributed by atoms with Gasteiger partial charge in [0.1, 0.15) is 18.3 Å². The fourth-order valence-corrected chi connectivity index (χ4v) is 2.14. The van der Waals surface area contributed by atoms with Gasteiger partial charge in [-0.25, -0.2) is 9.59 Å². The highest BCUT2D eigenvalue weighted by Gasteiger charge is 2.43. The van der Waals surface area contributed by atoms with Gasteiger partial charge in [-0.3, -0.25) is 14.3 Å². The summed E-state index contributed by atoms with van der Waals surface area (Å²) in [6, 6.07) is 0. The van der Waals surface area contributed by atoms with Crippen LogP contribution >= 0.6 is 0 Å². The molecule has 0 radical (unpaired) electrons. The Morgan fingerprint density at radius 2 is 2.13 bits per heavy atom. The summed E-state index contributed by atoms with van der Waals surface area (Å²) in [5, 5.41) is 28.7. The van der Waals surface area contributed by atoms with Crippen molar-refractivity contribution in [2.45, 2.75) is 24.5 Å². The van der Waals surface area contributed by atoms with E-state index in [1.54, 1.807) is 0 Å². The first-order valence-electron chi connectivity index (χ1n) is 6.63. The maximum Gasteiger partial charge on any atom is 0.330 e. The zero-order chi connectivity index (χ0) is 17.1. The van der Waals surface area contributed by atoms with Gasteiger partial charge in [-0.2, -0.15) is 0 Å². The monoisotopic (exact) mass is 328 g/mol. The second-order valence-electron chi connectivity index (χ2n) is 4.84. The van der Waals surface area contributed by atoms with Crippen LogP contribution in [0.2, 0.25) is 0 Å². The van der Waals surface area contributed by atoms with Crippen LogP contribution in [0.3, 0.4) is 0 Å². The quantitative estimate of drug-likeness (QED) is 0.345. The lowest BCUT2D eigenvalue weighted by molar-refractivity contribution is -0.134. The van der Waals surface area contributed by atoms with Crippen LogP contribution in [0.15, 0.2) is 21.9 Å². The first kappa shape index (κ1) is 17.1. The number of aromatic nitrogens is 2. The number of rotatable bonds is 4. The molecule has 0 aliphatic carbocycles. The molecule has 1 aliphatic rings. The van der Waals surface area contributed by atoms with Crippen LogP contribution in [-0.4, -0.2) is 62.9 Å². The molecule has 126 valence electrons. The van der Waals surface area contributed by atoms with Gasteiger partial charge < -0.3 is 24.8 Å². The van der Waals surface area contributed by atoms with Gasteiger partial charge in [0, 0.05) is 12.3 Å². The minimum Gasteiger partial charge on any atom is -0.466 e. The van der Waals surface area contributed by atoms with Crippen molar-refractivity contribution in [3.05, 3.63) is 38.7 Å². The van der Waals surface area contributed by atoms with Gasteiger partial charge in [0.2, 0.25) is 0 Å². The fourth-order valence-electron chi connectivity index (χ4n) is 2.14. The van der Waals surface area contributed by atoms with E-state index in [4.69, 9.17) is 9.84 Å². The Hall–Kier alpha value is -2.27. The second-order valence-corrected chi connectivity index (χ2v) is 4.84. The number of aromatic amines is 1. The molecule has 23 heavy (non-hydrogen) atoms. The summed E-state index contributed by atoms with van der Waals surface area (Å²) in [6.07, 6.45) is -2.05. The predicted octanol–water partition coefficient (Wildman–Crippen LogP) is -2.67. The molecule has 4 atom stereocenters. The molecule has 0 amide bonds. The van der Waals surface area contributed by atoms with Crippen molar-refractivity contribution in [1.29, 1.82) is 0 Å². The summed E-state index contributed by atoms with van der Waals surface area (Å²) < 4.78 is 10.5. The lowest BCUT2D eigenvalue weighted by Crippen LogP contribution is -2.38. The smallest absolute Gasteiger partial charge is 0.330 e. The van der Waals surface area contributed by atoms with Crippen LogP contribution in [0.5, 0.6) is 0 Å². The molecule has 2 heterocycles. The number of ether oxygens (including phenoxy) is 2. The van der Waals surface area contributed by atoms with Crippen molar-refractivity contribution in [3.63, 3.8) is 0 Å². The standard InChI is InChI=1S/C13H16N2O8/c1-22-8(17)3-2-6-4-15(13(21)14-11(6)20)12-10(19)9(18)7(5-16)23-12/h2-4,7,9-10,12,16,18-19H,5H2,1H3,(H,14,20,21)/b3-2+/t7-,9?,10?,12-/m1/s1. The van der Waals surface area contributed by atoms with E-state index in [0.29, 0.717) is 0 Å². The summed E-state index contributed by atoms with van der Waals surface area (Å²) >= 11 is 0. The number of esters is 1. The van der Waals surface area contributed by atoms with Crippen molar-refractivity contribution < 1.29 is 29.6 Å². The molecule has 4 N–H and O–H groups in total. The van der Waals surface area contributed by atoms with E-state index in [-0.39, 0.29) is 5.56 Å². The van der Waals surface area contributed by atoms with E-state index >= 15 is 0 Å². The fraction of sp³-hybridized carbons (Fsp3) is 0.462. The first-order valence-corrected chi connectivity index (χ1v) is 6.63. The molecule has 1 aromatic heterocycles. The Bertz CT molecular complexity index is 721. The van der Waals surface area contributed by atoms with E-state index in [2.05, 4.69) is 4.74 Å². The third kappa shape index (κ3) is 3.40. The molecule has 1 fully saturated rings. The molecule has 2 rings (SSSR count). The van der Waals surface area contributed by atoms with Crippen molar-refractivity contribution in [1.82, 2.24) is 9.55 Å². The zero-order valence-electron chi connectivity index (χ0n) is 12.1. The molecule has 0 aromatic carbocycles. The first-order chi connectivity index (χ1) is 10.9. The van der Waals surface area contributed by atoms with Crippen molar-refractivity contribution in [2.24, 2.45) is 0 Å². The topological polar surface area (TPSA) is 151 Å². The van der Waals surface area contributed by atoms with Crippen molar-refractivity contribution in [3.8, 4) is 0 Å². The van der Waals surface area contributed by atoms with E-state index < -0.39 is 48.4 Å². The molecule has 0 bridgehead atoms. The predicted molar refractivity (Wildman–Crippen MR) is 75.4 cm³/mol. The van der Waals surface area contributed by atoms with Crippen molar-refractivity contribution >= 4 is 12.0 Å². The van der Waals surface area contributed by atoms with Gasteiger partial charge in [-0.05, 0) is 6.08 Å². The highest BCUT2D eigenvalue weighted by molar-refractivity contribution is 5.86. The van der Waals surface area contributed by atoms with E-state index in [0.717, 1.165) is 30.0 Å². The van der Waals surface area contributed by atoms with Gasteiger partial charge in [-0.15, -0.1) is 0 Å². The molecule has 1 aromatic rings. The lowest BCUT2D eigenvalue weighted by Gasteiger charge is -2.17. The Morgan fingerprint density at radius 3 is 2.70 bits per heavy atom. The van der Waals surface area contributed by atoms with E-state index in [1.807, 2.05) is 4.98 Å². The molecule has 10 heteroatoms. The Morgan fingerprint density at radius 1 is 1.43 bits per heavy atom. The summed E-state index contributed by atoms with van der Waals surface area (Å²) in [6.45, 7) is -0.554. The highest BCUT2D eigenvalue weighted by Crippen LogP contribution is 2.27. The van der Waals surface area contributed by atoms with Gasteiger partial charge >= 0.3 is 11.7 Å². The second kappa shape index (κ2) is 6.87. The number of H-pyrrole nitrogens is 1. The largest absolute Gasteiger partial charge is 0.466 e. The normalized spacial score (nSPS) is 27.5.